The van der Waals surface area contributed by atoms with Crippen LogP contribution < -0.4 is 5.32 Å². The second-order valence-electron chi connectivity index (χ2n) is 7.74. The molecule has 2 aliphatic carbocycles. The Morgan fingerprint density at radius 3 is 2.75 bits per heavy atom. The zero-order chi connectivity index (χ0) is 13.9. The van der Waals surface area contributed by atoms with Crippen LogP contribution in [0.5, 0.6) is 0 Å². The van der Waals surface area contributed by atoms with Crippen molar-refractivity contribution in [3.63, 3.8) is 0 Å². The molecular weight excluding hydrogens is 244 g/mol. The van der Waals surface area contributed by atoms with Gasteiger partial charge in [-0.1, -0.05) is 19.8 Å². The second-order valence-corrected chi connectivity index (χ2v) is 7.74. The van der Waals surface area contributed by atoms with E-state index < -0.39 is 0 Å². The Labute approximate surface area is 125 Å². The fourth-order valence-electron chi connectivity index (χ4n) is 5.22. The minimum atomic E-state index is 0.675. The molecule has 3 aliphatic rings. The van der Waals surface area contributed by atoms with E-state index in [9.17, 15) is 0 Å². The Hall–Kier alpha value is -0.0800. The first-order valence-corrected chi connectivity index (χ1v) is 9.25. The molecule has 20 heavy (non-hydrogen) atoms. The average Bonchev–Trinajstić information content (AvgIpc) is 3.08. The van der Waals surface area contributed by atoms with E-state index in [0.717, 1.165) is 23.8 Å². The normalized spacial score (nSPS) is 39.3. The van der Waals surface area contributed by atoms with Crippen LogP contribution in [0.2, 0.25) is 0 Å². The lowest BCUT2D eigenvalue weighted by Crippen LogP contribution is -2.52. The Bertz CT molecular complexity index is 304. The molecule has 5 atom stereocenters. The molecule has 116 valence electrons. The van der Waals surface area contributed by atoms with E-state index in [-0.39, 0.29) is 0 Å². The van der Waals surface area contributed by atoms with Gasteiger partial charge in [0.15, 0.2) is 0 Å². The van der Waals surface area contributed by atoms with Crippen LogP contribution in [0.1, 0.15) is 65.2 Å². The van der Waals surface area contributed by atoms with Gasteiger partial charge in [0.1, 0.15) is 0 Å². The van der Waals surface area contributed by atoms with Gasteiger partial charge in [-0.15, -0.1) is 0 Å². The molecular formula is C18H34N2. The lowest BCUT2D eigenvalue weighted by Gasteiger charge is -2.42. The van der Waals surface area contributed by atoms with Gasteiger partial charge in [-0.25, -0.2) is 0 Å². The Kier molecular flexibility index (Phi) is 5.04. The van der Waals surface area contributed by atoms with Gasteiger partial charge >= 0.3 is 0 Å². The maximum atomic E-state index is 3.75. The number of hydrogen-bond donors (Lipinski definition) is 1. The van der Waals surface area contributed by atoms with Crippen LogP contribution in [0.4, 0.5) is 0 Å². The average molecular weight is 278 g/mol. The van der Waals surface area contributed by atoms with Crippen LogP contribution in [0.3, 0.4) is 0 Å². The fourth-order valence-corrected chi connectivity index (χ4v) is 5.22. The second kappa shape index (κ2) is 6.79. The number of rotatable bonds is 6. The predicted molar refractivity (Wildman–Crippen MR) is 85.9 cm³/mol. The maximum absolute atomic E-state index is 3.75. The third-order valence-electron chi connectivity index (χ3n) is 6.31. The van der Waals surface area contributed by atoms with Gasteiger partial charge in [0.05, 0.1) is 0 Å². The number of fused-ring (bicyclic) bond motifs is 2. The molecule has 2 heteroatoms. The standard InChI is InChI=1S/C18H34N2/c1-3-9-19-14(2)18-6-4-5-10-20(18)13-17-12-15-7-8-16(17)11-15/h14-19H,3-13H2,1-2H3. The van der Waals surface area contributed by atoms with Crippen molar-refractivity contribution in [1.29, 1.82) is 0 Å². The van der Waals surface area contributed by atoms with Crippen LogP contribution in [0.25, 0.3) is 0 Å². The van der Waals surface area contributed by atoms with Crippen LogP contribution in [-0.4, -0.2) is 36.6 Å². The lowest BCUT2D eigenvalue weighted by atomic mass is 9.86. The van der Waals surface area contributed by atoms with Gasteiger partial charge in [-0.2, -0.15) is 0 Å². The molecule has 0 amide bonds. The summed E-state index contributed by atoms with van der Waals surface area (Å²) >= 11 is 0. The summed E-state index contributed by atoms with van der Waals surface area (Å²) in [5, 5.41) is 3.75. The number of likely N-dealkylation sites (tertiary alicyclic amines) is 1. The molecule has 0 aromatic heterocycles. The van der Waals surface area contributed by atoms with Gasteiger partial charge in [-0.05, 0) is 76.3 Å². The highest BCUT2D eigenvalue weighted by Gasteiger charge is 2.41. The van der Waals surface area contributed by atoms with E-state index in [2.05, 4.69) is 24.1 Å². The van der Waals surface area contributed by atoms with Gasteiger partial charge in [0, 0.05) is 18.6 Å². The summed E-state index contributed by atoms with van der Waals surface area (Å²) in [5.41, 5.74) is 0. The van der Waals surface area contributed by atoms with Crippen molar-refractivity contribution >= 4 is 0 Å². The molecule has 3 fully saturated rings. The fraction of sp³-hybridized carbons (Fsp3) is 1.00. The molecule has 0 radical (unpaired) electrons. The van der Waals surface area contributed by atoms with Crippen molar-refractivity contribution in [2.75, 3.05) is 19.6 Å². The summed E-state index contributed by atoms with van der Waals surface area (Å²) < 4.78 is 0. The summed E-state index contributed by atoms with van der Waals surface area (Å²) in [6, 6.07) is 1.48. The van der Waals surface area contributed by atoms with Gasteiger partial charge in [0.25, 0.3) is 0 Å². The highest BCUT2D eigenvalue weighted by molar-refractivity contribution is 4.94. The Balaban J connectivity index is 1.55. The first-order chi connectivity index (χ1) is 9.78. The van der Waals surface area contributed by atoms with Crippen molar-refractivity contribution < 1.29 is 0 Å². The van der Waals surface area contributed by atoms with Crippen LogP contribution in [-0.2, 0) is 0 Å². The largest absolute Gasteiger partial charge is 0.313 e. The molecule has 2 saturated carbocycles. The predicted octanol–water partition coefficient (Wildman–Crippen LogP) is 3.67. The number of piperidine rings is 1. The number of nitrogens with zero attached hydrogens (tertiary/aromatic N) is 1. The van der Waals surface area contributed by atoms with E-state index in [1.165, 1.54) is 51.7 Å². The minimum absolute atomic E-state index is 0.675. The molecule has 1 N–H and O–H groups in total. The third-order valence-corrected chi connectivity index (χ3v) is 6.31. The lowest BCUT2D eigenvalue weighted by molar-refractivity contribution is 0.0867. The van der Waals surface area contributed by atoms with E-state index in [1.807, 2.05) is 0 Å². The number of nitrogens with one attached hydrogen (secondary N) is 1. The van der Waals surface area contributed by atoms with Gasteiger partial charge < -0.3 is 5.32 Å². The molecule has 2 nitrogen and oxygen atoms in total. The van der Waals surface area contributed by atoms with Crippen molar-refractivity contribution in [1.82, 2.24) is 10.2 Å². The highest BCUT2D eigenvalue weighted by atomic mass is 15.2. The topological polar surface area (TPSA) is 15.3 Å². The zero-order valence-corrected chi connectivity index (χ0v) is 13.6. The monoisotopic (exact) mass is 278 g/mol. The van der Waals surface area contributed by atoms with E-state index in [4.69, 9.17) is 0 Å². The van der Waals surface area contributed by atoms with E-state index >= 15 is 0 Å². The summed E-state index contributed by atoms with van der Waals surface area (Å²) in [6.45, 7) is 8.63. The Morgan fingerprint density at radius 1 is 1.15 bits per heavy atom. The van der Waals surface area contributed by atoms with Crippen LogP contribution >= 0.6 is 0 Å². The summed E-state index contributed by atoms with van der Waals surface area (Å²) in [6.07, 6.45) is 11.7. The SMILES string of the molecule is CCCNC(C)C1CCCCN1CC1CC2CCC1C2. The van der Waals surface area contributed by atoms with Gasteiger partial charge in [-0.3, -0.25) is 4.90 Å². The van der Waals surface area contributed by atoms with E-state index in [1.54, 1.807) is 19.3 Å². The molecule has 0 aromatic rings. The van der Waals surface area contributed by atoms with Crippen molar-refractivity contribution in [2.24, 2.45) is 17.8 Å². The van der Waals surface area contributed by atoms with Crippen molar-refractivity contribution in [3.8, 4) is 0 Å². The molecule has 2 bridgehead atoms. The number of hydrogen-bond acceptors (Lipinski definition) is 2. The zero-order valence-electron chi connectivity index (χ0n) is 13.6. The summed E-state index contributed by atoms with van der Waals surface area (Å²) in [4.78, 5) is 2.86. The van der Waals surface area contributed by atoms with Crippen molar-refractivity contribution in [3.05, 3.63) is 0 Å². The quantitative estimate of drug-likeness (QED) is 0.797. The molecule has 0 spiro atoms. The van der Waals surface area contributed by atoms with Crippen LogP contribution in [0.15, 0.2) is 0 Å². The molecule has 1 aliphatic heterocycles. The molecule has 5 unspecified atom stereocenters. The molecule has 0 aromatic carbocycles. The first-order valence-electron chi connectivity index (χ1n) is 9.25. The molecule has 3 rings (SSSR count). The smallest absolute Gasteiger partial charge is 0.0246 e. The van der Waals surface area contributed by atoms with E-state index in [0.29, 0.717) is 6.04 Å². The first kappa shape index (κ1) is 14.8. The van der Waals surface area contributed by atoms with Crippen LogP contribution in [0, 0.1) is 17.8 Å². The van der Waals surface area contributed by atoms with Gasteiger partial charge in [0.2, 0.25) is 0 Å². The summed E-state index contributed by atoms with van der Waals surface area (Å²) in [5.74, 6) is 3.22. The highest BCUT2D eigenvalue weighted by Crippen LogP contribution is 2.48. The molecule has 1 heterocycles. The third kappa shape index (κ3) is 3.22. The molecule has 1 saturated heterocycles. The maximum Gasteiger partial charge on any atom is 0.0246 e. The summed E-state index contributed by atoms with van der Waals surface area (Å²) in [7, 11) is 0. The van der Waals surface area contributed by atoms with Crippen molar-refractivity contribution in [2.45, 2.75) is 77.3 Å². The minimum Gasteiger partial charge on any atom is -0.313 e. The Morgan fingerprint density at radius 2 is 2.05 bits per heavy atom.